The number of amides is 1. The van der Waals surface area contributed by atoms with E-state index in [1.165, 1.54) is 23.9 Å². The molecule has 1 fully saturated rings. The molecule has 170 valence electrons. The number of hydrogen-bond acceptors (Lipinski definition) is 7. The van der Waals surface area contributed by atoms with Crippen LogP contribution in [0.2, 0.25) is 0 Å². The van der Waals surface area contributed by atoms with Gasteiger partial charge in [0.15, 0.2) is 10.9 Å². The van der Waals surface area contributed by atoms with Gasteiger partial charge in [-0.1, -0.05) is 17.8 Å². The van der Waals surface area contributed by atoms with E-state index in [0.717, 1.165) is 11.3 Å². The minimum absolute atomic E-state index is 0.0165. The zero-order chi connectivity index (χ0) is 22.9. The Balaban J connectivity index is 1.39. The molecular formula is C23H22FN5O3S. The minimum atomic E-state index is -0.362. The summed E-state index contributed by atoms with van der Waals surface area (Å²) in [5.41, 5.74) is 2.84. The topological polar surface area (TPSA) is 80.6 Å². The van der Waals surface area contributed by atoms with Crippen LogP contribution in [-0.2, 0) is 16.0 Å². The van der Waals surface area contributed by atoms with Crippen LogP contribution in [0.25, 0.3) is 5.69 Å². The number of thioether (sulfide) groups is 1. The van der Waals surface area contributed by atoms with Gasteiger partial charge in [-0.05, 0) is 42.0 Å². The molecule has 1 saturated heterocycles. The molecule has 0 aliphatic carbocycles. The second kappa shape index (κ2) is 8.95. The number of rotatable bonds is 6. The number of fused-ring (bicyclic) bond motifs is 1. The Hall–Kier alpha value is -3.24. The average Bonchev–Trinajstić information content (AvgIpc) is 3.38. The van der Waals surface area contributed by atoms with Gasteiger partial charge in [0.05, 0.1) is 31.1 Å². The van der Waals surface area contributed by atoms with Gasteiger partial charge in [0.25, 0.3) is 0 Å². The zero-order valence-electron chi connectivity index (χ0n) is 18.0. The van der Waals surface area contributed by atoms with E-state index in [1.54, 1.807) is 40.8 Å². The maximum absolute atomic E-state index is 14.0. The summed E-state index contributed by atoms with van der Waals surface area (Å²) in [7, 11) is 1.73. The van der Waals surface area contributed by atoms with Gasteiger partial charge >= 0.3 is 0 Å². The van der Waals surface area contributed by atoms with Crippen LogP contribution in [0.3, 0.4) is 0 Å². The molecule has 0 radical (unpaired) electrons. The van der Waals surface area contributed by atoms with Crippen molar-refractivity contribution in [3.63, 3.8) is 0 Å². The van der Waals surface area contributed by atoms with Crippen molar-refractivity contribution in [3.8, 4) is 5.69 Å². The van der Waals surface area contributed by atoms with Crippen LogP contribution in [0, 0.1) is 5.82 Å². The van der Waals surface area contributed by atoms with Crippen molar-refractivity contribution in [1.29, 1.82) is 0 Å². The first-order valence-corrected chi connectivity index (χ1v) is 11.6. The lowest BCUT2D eigenvalue weighted by molar-refractivity contribution is -0.117. The maximum atomic E-state index is 14.0. The van der Waals surface area contributed by atoms with Gasteiger partial charge in [-0.25, -0.2) is 4.39 Å². The van der Waals surface area contributed by atoms with Crippen molar-refractivity contribution in [2.24, 2.45) is 0 Å². The Kier molecular flexibility index (Phi) is 5.86. The van der Waals surface area contributed by atoms with Gasteiger partial charge in [-0.15, -0.1) is 10.2 Å². The first-order chi connectivity index (χ1) is 16.0. The first-order valence-electron chi connectivity index (χ1n) is 10.6. The highest BCUT2D eigenvalue weighted by Crippen LogP contribution is 2.30. The molecule has 2 aliphatic heterocycles. The van der Waals surface area contributed by atoms with Crippen LogP contribution < -0.4 is 9.80 Å². The Morgan fingerprint density at radius 2 is 1.97 bits per heavy atom. The van der Waals surface area contributed by atoms with E-state index < -0.39 is 0 Å². The number of halogens is 1. The third kappa shape index (κ3) is 4.23. The lowest BCUT2D eigenvalue weighted by Crippen LogP contribution is -2.37. The standard InChI is InChI=1S/C23H22FN5O3S/c1-27-19-6-5-15(11-16(19)12-21(27)31)20(30)14-33-23-26-25-22(28-7-9-32-10-8-28)29(23)18-4-2-3-17(24)13-18/h2-6,11,13H,7-10,12,14H2,1H3. The molecule has 0 spiro atoms. The van der Waals surface area contributed by atoms with E-state index in [0.29, 0.717) is 55.1 Å². The summed E-state index contributed by atoms with van der Waals surface area (Å²) >= 11 is 1.25. The molecule has 0 bridgehead atoms. The molecule has 2 aliphatic rings. The third-order valence-corrected chi connectivity index (χ3v) is 6.72. The first kappa shape index (κ1) is 21.6. The minimum Gasteiger partial charge on any atom is -0.378 e. The molecular weight excluding hydrogens is 445 g/mol. The Morgan fingerprint density at radius 3 is 2.76 bits per heavy atom. The molecule has 0 saturated carbocycles. The number of carbonyl (C=O) groups is 2. The number of Topliss-reactive ketones (excluding diaryl/α,β-unsaturated/α-hetero) is 1. The highest BCUT2D eigenvalue weighted by atomic mass is 32.2. The van der Waals surface area contributed by atoms with E-state index >= 15 is 0 Å². The van der Waals surface area contributed by atoms with Gasteiger partial charge in [0.2, 0.25) is 11.9 Å². The quantitative estimate of drug-likeness (QED) is 0.407. The molecule has 33 heavy (non-hydrogen) atoms. The van der Waals surface area contributed by atoms with Gasteiger partial charge in [-0.2, -0.15) is 0 Å². The highest BCUT2D eigenvalue weighted by molar-refractivity contribution is 7.99. The van der Waals surface area contributed by atoms with Crippen molar-refractivity contribution in [2.75, 3.05) is 48.9 Å². The molecule has 0 unspecified atom stereocenters. The lowest BCUT2D eigenvalue weighted by Gasteiger charge is -2.27. The monoisotopic (exact) mass is 467 g/mol. The Bertz CT molecular complexity index is 1220. The summed E-state index contributed by atoms with van der Waals surface area (Å²) < 4.78 is 21.2. The van der Waals surface area contributed by atoms with Crippen LogP contribution in [0.5, 0.6) is 0 Å². The van der Waals surface area contributed by atoms with Crippen molar-refractivity contribution >= 4 is 35.1 Å². The summed E-state index contributed by atoms with van der Waals surface area (Å²) in [5.74, 6) is 0.310. The van der Waals surface area contributed by atoms with Crippen LogP contribution in [0.1, 0.15) is 15.9 Å². The van der Waals surface area contributed by atoms with Crippen molar-refractivity contribution in [1.82, 2.24) is 14.8 Å². The number of carbonyl (C=O) groups excluding carboxylic acids is 2. The second-order valence-corrected chi connectivity index (χ2v) is 8.82. The summed E-state index contributed by atoms with van der Waals surface area (Å²) in [5, 5.41) is 9.16. The van der Waals surface area contributed by atoms with Crippen LogP contribution in [-0.4, -0.2) is 65.6 Å². The highest BCUT2D eigenvalue weighted by Gasteiger charge is 2.26. The Labute approximate surface area is 194 Å². The number of likely N-dealkylation sites (N-methyl/N-ethyl adjacent to an activating group) is 1. The number of nitrogens with zero attached hydrogens (tertiary/aromatic N) is 5. The second-order valence-electron chi connectivity index (χ2n) is 7.88. The number of ether oxygens (including phenoxy) is 1. The molecule has 5 rings (SSSR count). The van der Waals surface area contributed by atoms with E-state index in [-0.39, 0.29) is 23.3 Å². The molecule has 0 atom stereocenters. The van der Waals surface area contributed by atoms with E-state index in [9.17, 15) is 14.0 Å². The fourth-order valence-electron chi connectivity index (χ4n) is 4.02. The lowest BCUT2D eigenvalue weighted by atomic mass is 10.1. The van der Waals surface area contributed by atoms with Gasteiger partial charge in [0, 0.05) is 31.4 Å². The molecule has 0 N–H and O–H groups in total. The molecule has 3 heterocycles. The van der Waals surface area contributed by atoms with Crippen LogP contribution in [0.4, 0.5) is 16.0 Å². The van der Waals surface area contributed by atoms with Gasteiger partial charge in [0.1, 0.15) is 5.82 Å². The van der Waals surface area contributed by atoms with Crippen LogP contribution >= 0.6 is 11.8 Å². The SMILES string of the molecule is CN1C(=O)Cc2cc(C(=O)CSc3nnc(N4CCOCC4)n3-c3cccc(F)c3)ccc21. The van der Waals surface area contributed by atoms with Crippen molar-refractivity contribution < 1.29 is 18.7 Å². The summed E-state index contributed by atoms with van der Waals surface area (Å²) in [6.07, 6.45) is 0.302. The fraction of sp³-hybridized carbons (Fsp3) is 0.304. The number of hydrogen-bond donors (Lipinski definition) is 0. The van der Waals surface area contributed by atoms with E-state index in [1.807, 2.05) is 11.0 Å². The third-order valence-electron chi connectivity index (χ3n) is 5.79. The summed E-state index contributed by atoms with van der Waals surface area (Å²) in [6, 6.07) is 11.6. The number of anilines is 2. The van der Waals surface area contributed by atoms with E-state index in [2.05, 4.69) is 10.2 Å². The number of morpholine rings is 1. The summed E-state index contributed by atoms with van der Waals surface area (Å²) in [6.45, 7) is 2.46. The van der Waals surface area contributed by atoms with Gasteiger partial charge < -0.3 is 14.5 Å². The Morgan fingerprint density at radius 1 is 1.15 bits per heavy atom. The number of benzene rings is 2. The van der Waals surface area contributed by atoms with Gasteiger partial charge in [-0.3, -0.25) is 14.2 Å². The smallest absolute Gasteiger partial charge is 0.232 e. The normalized spacial score (nSPS) is 15.8. The molecule has 1 amide bonds. The van der Waals surface area contributed by atoms with Crippen molar-refractivity contribution in [2.45, 2.75) is 11.6 Å². The molecule has 1 aromatic heterocycles. The molecule has 2 aromatic carbocycles. The molecule has 3 aromatic rings. The fourth-order valence-corrected chi connectivity index (χ4v) is 4.86. The predicted octanol–water partition coefficient (Wildman–Crippen LogP) is 2.74. The number of ketones is 1. The molecule has 10 heteroatoms. The number of aromatic nitrogens is 3. The maximum Gasteiger partial charge on any atom is 0.232 e. The van der Waals surface area contributed by atoms with Crippen LogP contribution in [0.15, 0.2) is 47.6 Å². The zero-order valence-corrected chi connectivity index (χ0v) is 18.8. The van der Waals surface area contributed by atoms with Crippen molar-refractivity contribution in [3.05, 3.63) is 59.4 Å². The largest absolute Gasteiger partial charge is 0.378 e. The predicted molar refractivity (Wildman–Crippen MR) is 123 cm³/mol. The summed E-state index contributed by atoms with van der Waals surface area (Å²) in [4.78, 5) is 28.5. The molecule has 8 nitrogen and oxygen atoms in total. The van der Waals surface area contributed by atoms with E-state index in [4.69, 9.17) is 4.74 Å². The average molecular weight is 468 g/mol.